The molecule has 0 fully saturated rings. The molecule has 0 aromatic heterocycles. The van der Waals surface area contributed by atoms with Gasteiger partial charge in [0.1, 0.15) is 0 Å². The average Bonchev–Trinajstić information content (AvgIpc) is 2.93. The van der Waals surface area contributed by atoms with Crippen LogP contribution in [0.3, 0.4) is 0 Å². The minimum atomic E-state index is -2.01. The van der Waals surface area contributed by atoms with Crippen LogP contribution < -0.4 is 5.30 Å². The van der Waals surface area contributed by atoms with Crippen molar-refractivity contribution < 1.29 is 19.1 Å². The van der Waals surface area contributed by atoms with Crippen LogP contribution in [0.2, 0.25) is 0 Å². The maximum atomic E-state index is 12.5. The SMILES string of the molecule is B[PH](CCC(=O)OCCCCCCCCCC)(CCC(=O)OCCCCCCCCCC)c1ccccc1. The van der Waals surface area contributed by atoms with Gasteiger partial charge in [-0.2, -0.15) is 0 Å². The molecular formula is C32H58BO4P. The second-order valence-corrected chi connectivity index (χ2v) is 16.0. The molecule has 4 nitrogen and oxygen atoms in total. The molecule has 0 heterocycles. The van der Waals surface area contributed by atoms with Crippen molar-refractivity contribution in [2.75, 3.05) is 25.5 Å². The molecule has 0 radical (unpaired) electrons. The van der Waals surface area contributed by atoms with Gasteiger partial charge in [0, 0.05) is 0 Å². The fourth-order valence-corrected chi connectivity index (χ4v) is 8.33. The van der Waals surface area contributed by atoms with Crippen LogP contribution in [-0.2, 0) is 19.1 Å². The zero-order valence-electron chi connectivity index (χ0n) is 25.1. The average molecular weight is 549 g/mol. The Balaban J connectivity index is 2.31. The van der Waals surface area contributed by atoms with Crippen molar-refractivity contribution in [2.24, 2.45) is 0 Å². The van der Waals surface area contributed by atoms with E-state index in [-0.39, 0.29) is 11.9 Å². The summed E-state index contributed by atoms with van der Waals surface area (Å²) in [7, 11) is 0.286. The van der Waals surface area contributed by atoms with Gasteiger partial charge in [-0.3, -0.25) is 0 Å². The third-order valence-electron chi connectivity index (χ3n) is 7.75. The Labute approximate surface area is 236 Å². The van der Waals surface area contributed by atoms with Crippen LogP contribution in [0.15, 0.2) is 30.3 Å². The molecule has 0 amide bonds. The molecule has 218 valence electrons. The van der Waals surface area contributed by atoms with Crippen LogP contribution in [0.4, 0.5) is 0 Å². The Morgan fingerprint density at radius 1 is 0.605 bits per heavy atom. The van der Waals surface area contributed by atoms with E-state index in [0.717, 1.165) is 38.0 Å². The summed E-state index contributed by atoms with van der Waals surface area (Å²) in [5.41, 5.74) is 0. The molecule has 0 bridgehead atoms. The van der Waals surface area contributed by atoms with Gasteiger partial charge in [0.05, 0.1) is 0 Å². The van der Waals surface area contributed by atoms with Crippen molar-refractivity contribution >= 4 is 31.9 Å². The summed E-state index contributed by atoms with van der Waals surface area (Å²) in [5, 5.41) is 1.30. The first-order chi connectivity index (χ1) is 18.5. The van der Waals surface area contributed by atoms with E-state index in [0.29, 0.717) is 26.1 Å². The van der Waals surface area contributed by atoms with Gasteiger partial charge in [0.25, 0.3) is 0 Å². The standard InChI is InChI=1S/C32H58BO4P/c1-3-5-7-9-11-13-15-20-26-36-31(34)24-28-38(33,30-22-18-17-19-23-30)29-25-32(35)37-27-21-16-14-12-10-8-6-4-2/h17-19,22-23,38H,3-16,20-21,24-29,33H2,1-2H3. The van der Waals surface area contributed by atoms with Crippen molar-refractivity contribution in [3.63, 3.8) is 0 Å². The van der Waals surface area contributed by atoms with E-state index in [1.807, 2.05) is 6.07 Å². The molecule has 0 unspecified atom stereocenters. The van der Waals surface area contributed by atoms with Crippen LogP contribution in [0, 0.1) is 0 Å². The van der Waals surface area contributed by atoms with Crippen LogP contribution in [0.25, 0.3) is 0 Å². The molecule has 1 rings (SSSR count). The molecule has 0 aliphatic rings. The number of unbranched alkanes of at least 4 members (excludes halogenated alkanes) is 14. The fourth-order valence-electron chi connectivity index (χ4n) is 5.00. The maximum absolute atomic E-state index is 12.5. The molecule has 1 aromatic rings. The molecule has 6 heteroatoms. The summed E-state index contributed by atoms with van der Waals surface area (Å²) in [6.07, 6.45) is 22.3. The van der Waals surface area contributed by atoms with Crippen LogP contribution in [0.1, 0.15) is 129 Å². The van der Waals surface area contributed by atoms with Crippen molar-refractivity contribution in [3.8, 4) is 0 Å². The van der Waals surface area contributed by atoms with Crippen molar-refractivity contribution in [3.05, 3.63) is 30.3 Å². The van der Waals surface area contributed by atoms with Crippen LogP contribution in [-0.4, -0.2) is 45.0 Å². The van der Waals surface area contributed by atoms with Gasteiger partial charge in [-0.15, -0.1) is 0 Å². The number of carbonyl (C=O) groups is 2. The van der Waals surface area contributed by atoms with E-state index in [4.69, 9.17) is 9.47 Å². The van der Waals surface area contributed by atoms with Crippen molar-refractivity contribution in [1.29, 1.82) is 0 Å². The van der Waals surface area contributed by atoms with Crippen LogP contribution >= 0.6 is 7.14 Å². The third-order valence-corrected chi connectivity index (χ3v) is 12.2. The summed E-state index contributed by atoms with van der Waals surface area (Å²) in [6, 6.07) is 10.5. The summed E-state index contributed by atoms with van der Waals surface area (Å²) in [4.78, 5) is 25.0. The quantitative estimate of drug-likeness (QED) is 0.0542. The first kappa shape index (κ1) is 34.7. The molecule has 0 spiro atoms. The third kappa shape index (κ3) is 18.0. The Hall–Kier alpha value is -1.35. The van der Waals surface area contributed by atoms with Crippen LogP contribution in [0.5, 0.6) is 0 Å². The van der Waals surface area contributed by atoms with Gasteiger partial charge in [-0.05, 0) is 0 Å². The number of carbonyl (C=O) groups excluding carboxylic acids is 2. The fraction of sp³-hybridized carbons (Fsp3) is 0.750. The summed E-state index contributed by atoms with van der Waals surface area (Å²) < 4.78 is 11.1. The minimum absolute atomic E-state index is 0.0973. The van der Waals surface area contributed by atoms with E-state index >= 15 is 0 Å². The molecule has 0 aliphatic carbocycles. The molecule has 38 heavy (non-hydrogen) atoms. The first-order valence-corrected chi connectivity index (χ1v) is 18.8. The van der Waals surface area contributed by atoms with E-state index in [1.54, 1.807) is 0 Å². The summed E-state index contributed by atoms with van der Waals surface area (Å²) >= 11 is 0. The second kappa shape index (κ2) is 23.5. The molecule has 0 aliphatic heterocycles. The topological polar surface area (TPSA) is 52.6 Å². The number of ether oxygens (including phenoxy) is 2. The van der Waals surface area contributed by atoms with Crippen molar-refractivity contribution in [1.82, 2.24) is 0 Å². The Kier molecular flexibility index (Phi) is 21.5. The zero-order chi connectivity index (χ0) is 27.7. The molecule has 1 aromatic carbocycles. The number of hydrogen-bond donors (Lipinski definition) is 0. The molecule has 0 saturated carbocycles. The molecule has 0 saturated heterocycles. The Bertz CT molecular complexity index is 675. The number of esters is 2. The van der Waals surface area contributed by atoms with E-state index in [9.17, 15) is 9.59 Å². The Morgan fingerprint density at radius 2 is 0.974 bits per heavy atom. The molecular weight excluding hydrogens is 490 g/mol. The summed E-state index contributed by atoms with van der Waals surface area (Å²) in [6.45, 7) is 5.55. The van der Waals surface area contributed by atoms with Gasteiger partial charge in [0.15, 0.2) is 0 Å². The van der Waals surface area contributed by atoms with E-state index in [1.165, 1.54) is 82.4 Å². The zero-order valence-corrected chi connectivity index (χ0v) is 26.1. The monoisotopic (exact) mass is 548 g/mol. The predicted octanol–water partition coefficient (Wildman–Crippen LogP) is 7.76. The normalized spacial score (nSPS) is 11.8. The number of benzene rings is 1. The van der Waals surface area contributed by atoms with E-state index < -0.39 is 7.14 Å². The molecule has 0 atom stereocenters. The first-order valence-electron chi connectivity index (χ1n) is 15.9. The summed E-state index contributed by atoms with van der Waals surface area (Å²) in [5.74, 6) is -0.195. The van der Waals surface area contributed by atoms with Gasteiger partial charge >= 0.3 is 210 Å². The second-order valence-electron chi connectivity index (χ2n) is 11.3. The van der Waals surface area contributed by atoms with Crippen molar-refractivity contribution in [2.45, 2.75) is 129 Å². The van der Waals surface area contributed by atoms with Gasteiger partial charge in [0.2, 0.25) is 0 Å². The number of rotatable bonds is 25. The molecule has 0 N–H and O–H groups in total. The Morgan fingerprint density at radius 3 is 1.37 bits per heavy atom. The number of hydrogen-bond acceptors (Lipinski definition) is 4. The van der Waals surface area contributed by atoms with E-state index in [2.05, 4.69) is 45.7 Å². The van der Waals surface area contributed by atoms with Gasteiger partial charge in [-0.25, -0.2) is 0 Å². The van der Waals surface area contributed by atoms with Gasteiger partial charge in [-0.1, -0.05) is 26.7 Å². The predicted molar refractivity (Wildman–Crippen MR) is 169 cm³/mol. The van der Waals surface area contributed by atoms with Gasteiger partial charge < -0.3 is 0 Å².